The summed E-state index contributed by atoms with van der Waals surface area (Å²) in [4.78, 5) is 12.0. The second-order valence-corrected chi connectivity index (χ2v) is 6.09. The van der Waals surface area contributed by atoms with E-state index in [4.69, 9.17) is 9.97 Å². The maximum atomic E-state index is 4.85. The number of likely N-dealkylation sites (N-methyl/N-ethyl adjacent to an activating group) is 1. The van der Waals surface area contributed by atoms with Crippen molar-refractivity contribution in [3.8, 4) is 0 Å². The van der Waals surface area contributed by atoms with Crippen molar-refractivity contribution >= 4 is 0 Å². The standard InChI is InChI=1S/C17H30N4/c1-5-21(6-2)10-9-17-19-13(3)15-11-14(12-18-4)7-8-16(15)20-17/h14,18H,5-12H2,1-4H3. The van der Waals surface area contributed by atoms with Crippen LogP contribution in [-0.2, 0) is 19.3 Å². The van der Waals surface area contributed by atoms with Crippen LogP contribution in [0.25, 0.3) is 0 Å². The summed E-state index contributed by atoms with van der Waals surface area (Å²) in [5.41, 5.74) is 3.92. The van der Waals surface area contributed by atoms with Gasteiger partial charge in [-0.1, -0.05) is 13.8 Å². The van der Waals surface area contributed by atoms with Crippen LogP contribution in [0.15, 0.2) is 0 Å². The summed E-state index contributed by atoms with van der Waals surface area (Å²) in [5, 5.41) is 3.30. The molecular formula is C17H30N4. The lowest BCUT2D eigenvalue weighted by molar-refractivity contribution is 0.305. The monoisotopic (exact) mass is 290 g/mol. The van der Waals surface area contributed by atoms with E-state index in [2.05, 4.69) is 31.0 Å². The second-order valence-electron chi connectivity index (χ2n) is 6.09. The predicted molar refractivity (Wildman–Crippen MR) is 87.7 cm³/mol. The molecule has 0 spiro atoms. The van der Waals surface area contributed by atoms with E-state index >= 15 is 0 Å². The first-order chi connectivity index (χ1) is 10.2. The van der Waals surface area contributed by atoms with Gasteiger partial charge in [0.1, 0.15) is 5.82 Å². The van der Waals surface area contributed by atoms with Crippen LogP contribution in [0.1, 0.15) is 43.0 Å². The molecule has 4 heteroatoms. The Bertz CT molecular complexity index is 454. The number of aryl methyl sites for hydroxylation is 2. The van der Waals surface area contributed by atoms with E-state index in [1.807, 2.05) is 7.05 Å². The Hall–Kier alpha value is -1.00. The minimum Gasteiger partial charge on any atom is -0.319 e. The lowest BCUT2D eigenvalue weighted by atomic mass is 9.86. The van der Waals surface area contributed by atoms with E-state index in [1.165, 1.54) is 23.4 Å². The van der Waals surface area contributed by atoms with Gasteiger partial charge in [-0.15, -0.1) is 0 Å². The molecule has 1 aliphatic rings. The van der Waals surface area contributed by atoms with Gasteiger partial charge in [0.2, 0.25) is 0 Å². The molecule has 1 aliphatic carbocycles. The average molecular weight is 290 g/mol. The zero-order chi connectivity index (χ0) is 15.2. The van der Waals surface area contributed by atoms with Crippen molar-refractivity contribution in [2.45, 2.75) is 46.5 Å². The molecule has 21 heavy (non-hydrogen) atoms. The van der Waals surface area contributed by atoms with Crippen LogP contribution in [0.2, 0.25) is 0 Å². The quantitative estimate of drug-likeness (QED) is 0.834. The molecule has 0 saturated carbocycles. The predicted octanol–water partition coefficient (Wildman–Crippen LogP) is 1.99. The Morgan fingerprint density at radius 2 is 2.00 bits per heavy atom. The third-order valence-corrected chi connectivity index (χ3v) is 4.67. The molecule has 1 N–H and O–H groups in total. The molecule has 0 aromatic carbocycles. The molecule has 1 unspecified atom stereocenters. The van der Waals surface area contributed by atoms with Gasteiger partial charge in [0.15, 0.2) is 0 Å². The average Bonchev–Trinajstić information content (AvgIpc) is 2.49. The smallest absolute Gasteiger partial charge is 0.130 e. The van der Waals surface area contributed by atoms with Gasteiger partial charge in [-0.05, 0) is 64.3 Å². The highest BCUT2D eigenvalue weighted by Gasteiger charge is 2.22. The highest BCUT2D eigenvalue weighted by atomic mass is 15.1. The zero-order valence-electron chi connectivity index (χ0n) is 14.1. The largest absolute Gasteiger partial charge is 0.319 e. The number of hydrogen-bond donors (Lipinski definition) is 1. The van der Waals surface area contributed by atoms with Gasteiger partial charge >= 0.3 is 0 Å². The molecule has 2 rings (SSSR count). The molecule has 0 bridgehead atoms. The molecule has 1 aromatic rings. The van der Waals surface area contributed by atoms with E-state index in [1.54, 1.807) is 0 Å². The molecule has 0 saturated heterocycles. The van der Waals surface area contributed by atoms with E-state index in [-0.39, 0.29) is 0 Å². The molecule has 0 amide bonds. The van der Waals surface area contributed by atoms with Crippen LogP contribution in [-0.4, -0.2) is 48.1 Å². The summed E-state index contributed by atoms with van der Waals surface area (Å²) in [6, 6.07) is 0. The molecule has 118 valence electrons. The summed E-state index contributed by atoms with van der Waals surface area (Å²) in [5.74, 6) is 1.77. The van der Waals surface area contributed by atoms with Crippen LogP contribution < -0.4 is 5.32 Å². The molecule has 1 aromatic heterocycles. The van der Waals surface area contributed by atoms with Gasteiger partial charge in [-0.2, -0.15) is 0 Å². The SMILES string of the molecule is CCN(CC)CCc1nc(C)c2c(n1)CCC(CNC)C2. The van der Waals surface area contributed by atoms with E-state index in [0.717, 1.165) is 57.2 Å². The number of nitrogens with zero attached hydrogens (tertiary/aromatic N) is 3. The second kappa shape index (κ2) is 7.85. The third-order valence-electron chi connectivity index (χ3n) is 4.67. The van der Waals surface area contributed by atoms with Crippen molar-refractivity contribution in [1.29, 1.82) is 0 Å². The molecule has 1 atom stereocenters. The van der Waals surface area contributed by atoms with Crippen LogP contribution in [0, 0.1) is 12.8 Å². The lowest BCUT2D eigenvalue weighted by Gasteiger charge is -2.25. The number of aromatic nitrogens is 2. The first kappa shape index (κ1) is 16.4. The van der Waals surface area contributed by atoms with Gasteiger partial charge in [-0.3, -0.25) is 0 Å². The van der Waals surface area contributed by atoms with E-state index < -0.39 is 0 Å². The number of hydrogen-bond acceptors (Lipinski definition) is 4. The van der Waals surface area contributed by atoms with Crippen LogP contribution >= 0.6 is 0 Å². The van der Waals surface area contributed by atoms with Crippen molar-refractivity contribution in [3.05, 3.63) is 22.8 Å². The number of nitrogens with one attached hydrogen (secondary N) is 1. The zero-order valence-corrected chi connectivity index (χ0v) is 14.1. The first-order valence-electron chi connectivity index (χ1n) is 8.40. The van der Waals surface area contributed by atoms with Crippen molar-refractivity contribution < 1.29 is 0 Å². The van der Waals surface area contributed by atoms with Gasteiger partial charge in [0, 0.05) is 24.4 Å². The van der Waals surface area contributed by atoms with Gasteiger partial charge < -0.3 is 10.2 Å². The Morgan fingerprint density at radius 1 is 1.24 bits per heavy atom. The van der Waals surface area contributed by atoms with Crippen LogP contribution in [0.4, 0.5) is 0 Å². The van der Waals surface area contributed by atoms with E-state index in [0.29, 0.717) is 0 Å². The molecule has 4 nitrogen and oxygen atoms in total. The first-order valence-corrected chi connectivity index (χ1v) is 8.40. The maximum absolute atomic E-state index is 4.85. The van der Waals surface area contributed by atoms with Crippen LogP contribution in [0.3, 0.4) is 0 Å². The Kier molecular flexibility index (Phi) is 6.12. The fraction of sp³-hybridized carbons (Fsp3) is 0.765. The summed E-state index contributed by atoms with van der Waals surface area (Å²) in [6.07, 6.45) is 4.47. The van der Waals surface area contributed by atoms with Crippen molar-refractivity contribution in [3.63, 3.8) is 0 Å². The summed E-state index contributed by atoms with van der Waals surface area (Å²) >= 11 is 0. The van der Waals surface area contributed by atoms with Gasteiger partial charge in [-0.25, -0.2) is 9.97 Å². The van der Waals surface area contributed by atoms with Crippen molar-refractivity contribution in [1.82, 2.24) is 20.2 Å². The van der Waals surface area contributed by atoms with Gasteiger partial charge in [0.25, 0.3) is 0 Å². The minimum absolute atomic E-state index is 0.742. The number of fused-ring (bicyclic) bond motifs is 1. The van der Waals surface area contributed by atoms with E-state index in [9.17, 15) is 0 Å². The number of rotatable bonds is 7. The minimum atomic E-state index is 0.742. The Labute approximate surface area is 129 Å². The van der Waals surface area contributed by atoms with Crippen molar-refractivity contribution in [2.24, 2.45) is 5.92 Å². The fourth-order valence-electron chi connectivity index (χ4n) is 3.29. The highest BCUT2D eigenvalue weighted by molar-refractivity contribution is 5.28. The normalized spacial score (nSPS) is 18.0. The van der Waals surface area contributed by atoms with Gasteiger partial charge in [0.05, 0.1) is 0 Å². The van der Waals surface area contributed by atoms with Crippen LogP contribution in [0.5, 0.6) is 0 Å². The summed E-state index contributed by atoms with van der Waals surface area (Å²) in [6.45, 7) is 11.0. The maximum Gasteiger partial charge on any atom is 0.130 e. The Balaban J connectivity index is 2.06. The molecule has 1 heterocycles. The third kappa shape index (κ3) is 4.24. The topological polar surface area (TPSA) is 41.1 Å². The van der Waals surface area contributed by atoms with Crippen molar-refractivity contribution in [2.75, 3.05) is 33.2 Å². The summed E-state index contributed by atoms with van der Waals surface area (Å²) < 4.78 is 0. The molecule has 0 aliphatic heterocycles. The summed E-state index contributed by atoms with van der Waals surface area (Å²) in [7, 11) is 2.04. The molecule has 0 radical (unpaired) electrons. The molecule has 0 fully saturated rings. The Morgan fingerprint density at radius 3 is 2.67 bits per heavy atom. The fourth-order valence-corrected chi connectivity index (χ4v) is 3.29. The lowest BCUT2D eigenvalue weighted by Crippen LogP contribution is -2.28. The highest BCUT2D eigenvalue weighted by Crippen LogP contribution is 2.25. The molecular weight excluding hydrogens is 260 g/mol.